The molecule has 0 aromatic heterocycles. The van der Waals surface area contributed by atoms with Gasteiger partial charge < -0.3 is 20.7 Å². The van der Waals surface area contributed by atoms with Gasteiger partial charge in [-0.3, -0.25) is 9.59 Å². The van der Waals surface area contributed by atoms with Crippen LogP contribution in [0, 0.1) is 11.8 Å². The van der Waals surface area contributed by atoms with E-state index in [1.165, 1.54) is 12.1 Å². The number of carbonyl (C=O) groups is 3. The van der Waals surface area contributed by atoms with Crippen LogP contribution < -0.4 is 15.8 Å². The van der Waals surface area contributed by atoms with Crippen molar-refractivity contribution in [3.8, 4) is 16.9 Å². The number of hydrogen-bond acceptors (Lipinski definition) is 5. The molecule has 2 unspecified atom stereocenters. The van der Waals surface area contributed by atoms with Crippen molar-refractivity contribution in [3.63, 3.8) is 0 Å². The Kier molecular flexibility index (Phi) is 13.1. The van der Waals surface area contributed by atoms with Crippen LogP contribution in [-0.2, 0) is 29.0 Å². The second-order valence-electron chi connectivity index (χ2n) is 13.0. The maximum Gasteiger partial charge on any atom is 0.491 e. The van der Waals surface area contributed by atoms with Gasteiger partial charge in [0.05, 0.1) is 6.42 Å². The van der Waals surface area contributed by atoms with Crippen LogP contribution in [0.15, 0.2) is 102 Å². The van der Waals surface area contributed by atoms with Gasteiger partial charge in [-0.25, -0.2) is 4.79 Å². The summed E-state index contributed by atoms with van der Waals surface area (Å²) in [5, 5.41) is 3.12. The van der Waals surface area contributed by atoms with Crippen LogP contribution in [0.2, 0.25) is 0 Å². The highest BCUT2D eigenvalue weighted by Crippen LogP contribution is 2.28. The number of halogens is 4. The zero-order valence-corrected chi connectivity index (χ0v) is 29.7. The molecule has 7 nitrogen and oxygen atoms in total. The molecule has 5 rings (SSSR count). The van der Waals surface area contributed by atoms with E-state index >= 15 is 0 Å². The monoisotopic (exact) mass is 763 g/mol. The van der Waals surface area contributed by atoms with Gasteiger partial charge >= 0.3 is 12.1 Å². The molecule has 3 N–H and O–H groups in total. The number of nitrogens with two attached hydrogens (primary N) is 1. The zero-order valence-electron chi connectivity index (χ0n) is 28.1. The van der Waals surface area contributed by atoms with Gasteiger partial charge in [0, 0.05) is 29.7 Å². The third-order valence-corrected chi connectivity index (χ3v) is 9.72. The van der Waals surface area contributed by atoms with Gasteiger partial charge in [0.15, 0.2) is 0 Å². The van der Waals surface area contributed by atoms with Crippen molar-refractivity contribution in [2.24, 2.45) is 17.6 Å². The highest BCUT2D eigenvalue weighted by atomic mass is 79.9. The van der Waals surface area contributed by atoms with Crippen molar-refractivity contribution >= 4 is 33.7 Å². The molecular formula is C40H41BrF3N3O4. The molecule has 1 aliphatic rings. The second kappa shape index (κ2) is 17.6. The maximum absolute atomic E-state index is 13.7. The SMILES string of the molecule is NCC1CCCC(CNC(=O)c2cccc(-c3cccc(CN(CCc4ccc(OC(=O)C(F)(F)F)cc4)C(=O)Cc4ccc(Br)cc4)c3)c2)C1. The Hall–Kier alpha value is -4.48. The van der Waals surface area contributed by atoms with Gasteiger partial charge in [-0.15, -0.1) is 0 Å². The number of esters is 1. The van der Waals surface area contributed by atoms with Crippen molar-refractivity contribution in [3.05, 3.63) is 124 Å². The van der Waals surface area contributed by atoms with E-state index in [4.69, 9.17) is 5.73 Å². The van der Waals surface area contributed by atoms with Crippen LogP contribution in [0.25, 0.3) is 11.1 Å². The number of benzene rings is 4. The molecule has 4 aromatic rings. The minimum absolute atomic E-state index is 0.0899. The molecule has 1 fully saturated rings. The summed E-state index contributed by atoms with van der Waals surface area (Å²) >= 11 is 3.43. The van der Waals surface area contributed by atoms with Crippen molar-refractivity contribution in [1.82, 2.24) is 10.2 Å². The predicted molar refractivity (Wildman–Crippen MR) is 194 cm³/mol. The molecule has 268 valence electrons. The van der Waals surface area contributed by atoms with Crippen LogP contribution in [0.4, 0.5) is 13.2 Å². The molecule has 0 saturated heterocycles. The van der Waals surface area contributed by atoms with Crippen molar-refractivity contribution in [2.75, 3.05) is 19.6 Å². The molecule has 4 aromatic carbocycles. The number of alkyl halides is 3. The Morgan fingerprint density at radius 2 is 1.51 bits per heavy atom. The molecule has 0 heterocycles. The van der Waals surface area contributed by atoms with E-state index in [1.54, 1.807) is 17.0 Å². The minimum atomic E-state index is -5.09. The highest BCUT2D eigenvalue weighted by molar-refractivity contribution is 9.10. The van der Waals surface area contributed by atoms with E-state index in [0.717, 1.165) is 58.0 Å². The van der Waals surface area contributed by atoms with Crippen LogP contribution in [0.5, 0.6) is 5.75 Å². The van der Waals surface area contributed by atoms with Crippen LogP contribution in [0.1, 0.15) is 52.7 Å². The highest BCUT2D eigenvalue weighted by Gasteiger charge is 2.41. The normalized spacial score (nSPS) is 15.9. The predicted octanol–water partition coefficient (Wildman–Crippen LogP) is 7.89. The van der Waals surface area contributed by atoms with Crippen LogP contribution >= 0.6 is 15.9 Å². The zero-order chi connectivity index (χ0) is 36.4. The van der Waals surface area contributed by atoms with Gasteiger partial charge in [-0.2, -0.15) is 13.2 Å². The molecule has 11 heteroatoms. The number of carbonyl (C=O) groups excluding carboxylic acids is 3. The number of nitrogens with one attached hydrogen (secondary N) is 1. The first-order chi connectivity index (χ1) is 24.5. The first-order valence-electron chi connectivity index (χ1n) is 17.0. The summed E-state index contributed by atoms with van der Waals surface area (Å²) in [5.74, 6) is -1.74. The first-order valence-corrected chi connectivity index (χ1v) is 17.8. The van der Waals surface area contributed by atoms with E-state index in [1.807, 2.05) is 72.8 Å². The lowest BCUT2D eigenvalue weighted by Gasteiger charge is -2.28. The van der Waals surface area contributed by atoms with E-state index in [2.05, 4.69) is 26.0 Å². The smallest absolute Gasteiger partial charge is 0.420 e. The lowest BCUT2D eigenvalue weighted by Crippen LogP contribution is -2.33. The molecule has 0 spiro atoms. The average Bonchev–Trinajstić information content (AvgIpc) is 3.13. The number of ether oxygens (including phenoxy) is 1. The Morgan fingerprint density at radius 3 is 2.22 bits per heavy atom. The molecule has 0 bridgehead atoms. The third kappa shape index (κ3) is 11.3. The summed E-state index contributed by atoms with van der Waals surface area (Å²) in [7, 11) is 0. The van der Waals surface area contributed by atoms with Gasteiger partial charge in [0.1, 0.15) is 5.75 Å². The number of hydrogen-bond donors (Lipinski definition) is 2. The Bertz CT molecular complexity index is 1800. The molecule has 0 radical (unpaired) electrons. The summed E-state index contributed by atoms with van der Waals surface area (Å²) in [6.45, 7) is 1.97. The topological polar surface area (TPSA) is 102 Å². The fraction of sp³-hybridized carbons (Fsp3) is 0.325. The largest absolute Gasteiger partial charge is 0.491 e. The van der Waals surface area contributed by atoms with Gasteiger partial charge in [0.25, 0.3) is 5.91 Å². The third-order valence-electron chi connectivity index (χ3n) is 9.19. The van der Waals surface area contributed by atoms with Gasteiger partial charge in [-0.05, 0) is 114 Å². The molecule has 1 saturated carbocycles. The van der Waals surface area contributed by atoms with Crippen molar-refractivity contribution < 1.29 is 32.3 Å². The van der Waals surface area contributed by atoms with Gasteiger partial charge in [-0.1, -0.05) is 76.9 Å². The second-order valence-corrected chi connectivity index (χ2v) is 13.9. The lowest BCUT2D eigenvalue weighted by molar-refractivity contribution is -0.189. The maximum atomic E-state index is 13.7. The summed E-state index contributed by atoms with van der Waals surface area (Å²) in [6.07, 6.45) is -0.0471. The van der Waals surface area contributed by atoms with Crippen LogP contribution in [-0.4, -0.2) is 48.5 Å². The lowest BCUT2D eigenvalue weighted by atomic mass is 9.81. The summed E-state index contributed by atoms with van der Waals surface area (Å²) in [4.78, 5) is 39.7. The fourth-order valence-corrected chi connectivity index (χ4v) is 6.65. The molecular weight excluding hydrogens is 723 g/mol. The van der Waals surface area contributed by atoms with Crippen molar-refractivity contribution in [2.45, 2.75) is 51.2 Å². The van der Waals surface area contributed by atoms with E-state index in [0.29, 0.717) is 50.0 Å². The van der Waals surface area contributed by atoms with E-state index in [9.17, 15) is 27.6 Å². The molecule has 2 atom stereocenters. The minimum Gasteiger partial charge on any atom is -0.420 e. The number of nitrogens with zero attached hydrogens (tertiary/aromatic N) is 1. The fourth-order valence-electron chi connectivity index (χ4n) is 6.38. The van der Waals surface area contributed by atoms with E-state index in [-0.39, 0.29) is 24.0 Å². The standard InChI is InChI=1S/C40H41BrF3N3O4/c41-35-14-10-28(11-15-35)22-37(48)47(19-18-27-12-16-36(17-13-27)51-39(50)40(42,43)44)26-31-6-2-7-32(21-31)33-8-3-9-34(23-33)38(49)46-25-30-5-1-4-29(20-30)24-45/h2-3,6-17,21,23,29-30H,1,4-5,18-20,22,24-26,45H2,(H,46,49). The summed E-state index contributed by atoms with van der Waals surface area (Å²) < 4.78 is 43.1. The summed E-state index contributed by atoms with van der Waals surface area (Å²) in [5.41, 5.74) is 10.8. The number of amides is 2. The van der Waals surface area contributed by atoms with Crippen LogP contribution in [0.3, 0.4) is 0 Å². The molecule has 51 heavy (non-hydrogen) atoms. The van der Waals surface area contributed by atoms with E-state index < -0.39 is 12.1 Å². The first kappa shape index (κ1) is 37.8. The molecule has 1 aliphatic carbocycles. The molecule has 0 aliphatic heterocycles. The average molecular weight is 765 g/mol. The molecule has 2 amide bonds. The Balaban J connectivity index is 1.27. The Labute approximate surface area is 304 Å². The number of rotatable bonds is 13. The Morgan fingerprint density at radius 1 is 0.843 bits per heavy atom. The van der Waals surface area contributed by atoms with Crippen molar-refractivity contribution in [1.29, 1.82) is 0 Å². The van der Waals surface area contributed by atoms with Gasteiger partial charge in [0.2, 0.25) is 5.91 Å². The summed E-state index contributed by atoms with van der Waals surface area (Å²) in [6, 6.07) is 28.6. The quantitative estimate of drug-likeness (QED) is 0.107.